The van der Waals surface area contributed by atoms with E-state index in [1.807, 2.05) is 45.0 Å². The molecular formula is C14H21N3OS. The zero-order chi connectivity index (χ0) is 14.6. The maximum atomic E-state index is 12.0. The van der Waals surface area contributed by atoms with Crippen LogP contribution in [0, 0.1) is 5.41 Å². The molecule has 19 heavy (non-hydrogen) atoms. The molecule has 0 aromatic heterocycles. The molecule has 0 bridgehead atoms. The smallest absolute Gasteiger partial charge is 0.251 e. The summed E-state index contributed by atoms with van der Waals surface area (Å²) in [5.74, 6) is -0.116. The lowest BCUT2D eigenvalue weighted by molar-refractivity contribution is 0.0945. The van der Waals surface area contributed by atoms with Gasteiger partial charge in [0.15, 0.2) is 0 Å². The number of nitrogens with one attached hydrogen (secondary N) is 1. The Morgan fingerprint density at radius 3 is 2.26 bits per heavy atom. The van der Waals surface area contributed by atoms with Gasteiger partial charge >= 0.3 is 0 Å². The van der Waals surface area contributed by atoms with E-state index in [0.717, 1.165) is 5.69 Å². The Labute approximate surface area is 120 Å². The van der Waals surface area contributed by atoms with E-state index in [4.69, 9.17) is 18.0 Å². The van der Waals surface area contributed by atoms with E-state index in [2.05, 4.69) is 5.32 Å². The summed E-state index contributed by atoms with van der Waals surface area (Å²) in [5, 5.41) is 2.85. The predicted octanol–water partition coefficient (Wildman–Crippen LogP) is 1.79. The number of thiocarbonyl (C=S) groups is 1. The van der Waals surface area contributed by atoms with Crippen LogP contribution in [-0.4, -0.2) is 31.5 Å². The van der Waals surface area contributed by atoms with E-state index < -0.39 is 0 Å². The van der Waals surface area contributed by atoms with Crippen molar-refractivity contribution in [2.24, 2.45) is 11.1 Å². The van der Waals surface area contributed by atoms with Crippen molar-refractivity contribution in [2.45, 2.75) is 13.8 Å². The van der Waals surface area contributed by atoms with Gasteiger partial charge in [-0.15, -0.1) is 0 Å². The van der Waals surface area contributed by atoms with Crippen molar-refractivity contribution in [1.82, 2.24) is 5.32 Å². The Morgan fingerprint density at radius 1 is 1.32 bits per heavy atom. The standard InChI is InChI=1S/C14H21N3OS/c1-14(2,13(15)19)9-16-12(18)10-5-7-11(8-6-10)17(3)4/h5-8H,9H2,1-4H3,(H2,15,19)(H,16,18). The second-order valence-electron chi connectivity index (χ2n) is 5.37. The van der Waals surface area contributed by atoms with Crippen molar-refractivity contribution in [3.05, 3.63) is 29.8 Å². The van der Waals surface area contributed by atoms with Crippen LogP contribution in [0.25, 0.3) is 0 Å². The number of amides is 1. The number of rotatable bonds is 5. The zero-order valence-electron chi connectivity index (χ0n) is 11.9. The maximum absolute atomic E-state index is 12.0. The molecule has 3 N–H and O–H groups in total. The Morgan fingerprint density at radius 2 is 1.84 bits per heavy atom. The van der Waals surface area contributed by atoms with Crippen LogP contribution in [-0.2, 0) is 0 Å². The molecule has 0 aliphatic heterocycles. The van der Waals surface area contributed by atoms with E-state index in [1.54, 1.807) is 12.1 Å². The molecule has 0 radical (unpaired) electrons. The summed E-state index contributed by atoms with van der Waals surface area (Å²) in [6.45, 7) is 4.24. The monoisotopic (exact) mass is 279 g/mol. The minimum Gasteiger partial charge on any atom is -0.393 e. The number of hydrogen-bond donors (Lipinski definition) is 2. The minimum absolute atomic E-state index is 0.116. The first kappa shape index (κ1) is 15.4. The van der Waals surface area contributed by atoms with Crippen LogP contribution >= 0.6 is 12.2 Å². The topological polar surface area (TPSA) is 58.4 Å². The first-order chi connectivity index (χ1) is 8.74. The molecule has 0 aliphatic rings. The van der Waals surface area contributed by atoms with Crippen molar-refractivity contribution < 1.29 is 4.79 Å². The van der Waals surface area contributed by atoms with Gasteiger partial charge < -0.3 is 16.0 Å². The molecule has 104 valence electrons. The van der Waals surface area contributed by atoms with Crippen molar-refractivity contribution in [2.75, 3.05) is 25.5 Å². The van der Waals surface area contributed by atoms with Gasteiger partial charge in [-0.25, -0.2) is 0 Å². The average Bonchev–Trinajstić information content (AvgIpc) is 2.36. The highest BCUT2D eigenvalue weighted by Gasteiger charge is 2.22. The first-order valence-electron chi connectivity index (χ1n) is 6.09. The Kier molecular flexibility index (Phi) is 4.89. The molecule has 0 spiro atoms. The van der Waals surface area contributed by atoms with Crippen LogP contribution in [0.4, 0.5) is 5.69 Å². The Balaban J connectivity index is 2.66. The van der Waals surface area contributed by atoms with Crippen LogP contribution < -0.4 is 16.0 Å². The average molecular weight is 279 g/mol. The number of carbonyl (C=O) groups is 1. The van der Waals surface area contributed by atoms with Crippen LogP contribution in [0.1, 0.15) is 24.2 Å². The summed E-state index contributed by atoms with van der Waals surface area (Å²) >= 11 is 4.97. The molecule has 5 heteroatoms. The van der Waals surface area contributed by atoms with Gasteiger partial charge in [-0.3, -0.25) is 4.79 Å². The molecule has 0 unspecified atom stereocenters. The second kappa shape index (κ2) is 6.02. The molecule has 0 saturated heterocycles. The third-order valence-corrected chi connectivity index (χ3v) is 3.56. The molecule has 0 fully saturated rings. The van der Waals surface area contributed by atoms with Crippen molar-refractivity contribution in [3.63, 3.8) is 0 Å². The van der Waals surface area contributed by atoms with E-state index in [9.17, 15) is 4.79 Å². The van der Waals surface area contributed by atoms with Gasteiger partial charge in [-0.1, -0.05) is 26.1 Å². The lowest BCUT2D eigenvalue weighted by atomic mass is 9.93. The van der Waals surface area contributed by atoms with Gasteiger partial charge in [0.25, 0.3) is 5.91 Å². The first-order valence-corrected chi connectivity index (χ1v) is 6.50. The Hall–Kier alpha value is -1.62. The number of hydrogen-bond acceptors (Lipinski definition) is 3. The fourth-order valence-electron chi connectivity index (χ4n) is 1.40. The summed E-state index contributed by atoms with van der Waals surface area (Å²) in [7, 11) is 3.92. The lowest BCUT2D eigenvalue weighted by Gasteiger charge is -2.23. The fourth-order valence-corrected chi connectivity index (χ4v) is 1.47. The molecule has 1 aromatic carbocycles. The van der Waals surface area contributed by atoms with Gasteiger partial charge in [0.05, 0.1) is 4.99 Å². The highest BCUT2D eigenvalue weighted by atomic mass is 32.1. The third kappa shape index (κ3) is 4.21. The number of benzene rings is 1. The molecular weight excluding hydrogens is 258 g/mol. The number of nitrogens with two attached hydrogens (primary N) is 1. The molecule has 0 atom stereocenters. The highest BCUT2D eigenvalue weighted by molar-refractivity contribution is 7.80. The SMILES string of the molecule is CN(C)c1ccc(C(=O)NCC(C)(C)C(N)=S)cc1. The summed E-state index contributed by atoms with van der Waals surface area (Å²) in [4.78, 5) is 14.4. The van der Waals surface area contributed by atoms with Gasteiger partial charge in [0.2, 0.25) is 0 Å². The van der Waals surface area contributed by atoms with Gasteiger partial charge in [-0.05, 0) is 24.3 Å². The van der Waals surface area contributed by atoms with E-state index in [-0.39, 0.29) is 11.3 Å². The van der Waals surface area contributed by atoms with Gasteiger partial charge in [0, 0.05) is 37.3 Å². The lowest BCUT2D eigenvalue weighted by Crippen LogP contribution is -2.41. The summed E-state index contributed by atoms with van der Waals surface area (Å²) < 4.78 is 0. The van der Waals surface area contributed by atoms with Crippen LogP contribution in [0.3, 0.4) is 0 Å². The number of anilines is 1. The van der Waals surface area contributed by atoms with E-state index in [1.165, 1.54) is 0 Å². The van der Waals surface area contributed by atoms with E-state index in [0.29, 0.717) is 17.1 Å². The second-order valence-corrected chi connectivity index (χ2v) is 5.81. The fraction of sp³-hybridized carbons (Fsp3) is 0.429. The molecule has 0 saturated carbocycles. The van der Waals surface area contributed by atoms with Crippen molar-refractivity contribution >= 4 is 28.8 Å². The number of carbonyl (C=O) groups excluding carboxylic acids is 1. The number of nitrogens with zero attached hydrogens (tertiary/aromatic N) is 1. The molecule has 1 rings (SSSR count). The molecule has 0 aliphatic carbocycles. The largest absolute Gasteiger partial charge is 0.393 e. The molecule has 0 heterocycles. The Bertz CT molecular complexity index is 466. The molecule has 1 aromatic rings. The quantitative estimate of drug-likeness (QED) is 0.807. The maximum Gasteiger partial charge on any atom is 0.251 e. The predicted molar refractivity (Wildman–Crippen MR) is 83.7 cm³/mol. The summed E-state index contributed by atoms with van der Waals surface area (Å²) in [6.07, 6.45) is 0. The highest BCUT2D eigenvalue weighted by Crippen LogP contribution is 2.15. The van der Waals surface area contributed by atoms with Gasteiger partial charge in [0.1, 0.15) is 0 Å². The zero-order valence-corrected chi connectivity index (χ0v) is 12.7. The summed E-state index contributed by atoms with van der Waals surface area (Å²) in [6, 6.07) is 7.43. The van der Waals surface area contributed by atoms with Crippen LogP contribution in [0.2, 0.25) is 0 Å². The van der Waals surface area contributed by atoms with E-state index >= 15 is 0 Å². The van der Waals surface area contributed by atoms with Crippen LogP contribution in [0.15, 0.2) is 24.3 Å². The normalized spacial score (nSPS) is 10.9. The minimum atomic E-state index is -0.380. The van der Waals surface area contributed by atoms with Crippen molar-refractivity contribution in [3.8, 4) is 0 Å². The molecule has 4 nitrogen and oxygen atoms in total. The summed E-state index contributed by atoms with van der Waals surface area (Å²) in [5.41, 5.74) is 6.93. The van der Waals surface area contributed by atoms with Crippen LogP contribution in [0.5, 0.6) is 0 Å². The van der Waals surface area contributed by atoms with Gasteiger partial charge in [-0.2, -0.15) is 0 Å². The third-order valence-electron chi connectivity index (χ3n) is 3.00. The molecule has 1 amide bonds. The van der Waals surface area contributed by atoms with Crippen molar-refractivity contribution in [1.29, 1.82) is 0 Å².